The van der Waals surface area contributed by atoms with Crippen molar-refractivity contribution in [3.63, 3.8) is 0 Å². The summed E-state index contributed by atoms with van der Waals surface area (Å²) >= 11 is 0. The van der Waals surface area contributed by atoms with Crippen molar-refractivity contribution in [3.05, 3.63) is 218 Å². The number of allylic oxidation sites excluding steroid dienone is 1. The van der Waals surface area contributed by atoms with Crippen LogP contribution in [-0.2, 0) is 6.42 Å². The average molecular weight is 806 g/mol. The Morgan fingerprint density at radius 1 is 0.413 bits per heavy atom. The van der Waals surface area contributed by atoms with Crippen molar-refractivity contribution in [2.45, 2.75) is 12.8 Å². The SMILES string of the molecule is C1=Cc2c(c3ccc4c5ccccc5n(-c5ccccc5)c4c3n2-c2cc(-c3cc(-c4ccccc4)cc(-c4ccccc4)c3)cc(-c3ccc4oc5ccccc5c4c3)n2)CC1. The molecule has 296 valence electrons. The van der Waals surface area contributed by atoms with Crippen molar-refractivity contribution in [1.82, 2.24) is 14.1 Å². The standard InChI is InChI=1S/C59H39N3O/c1-4-16-38(17-5-1)41-32-42(39-18-6-2-7-19-39)34-43(33-41)44-36-52(40-28-31-56-51(35-40)48-24-12-15-27-55(48)63-56)60-57(37-44)62-54-26-14-11-23-47(54)50-30-29-49-46-22-10-13-25-53(46)61(58(49)59(50)62)45-20-8-3-9-21-45/h1-10,12-22,24-37H,11,23H2. The third-order valence-electron chi connectivity index (χ3n) is 13.0. The Bertz CT molecular complexity index is 3720. The van der Waals surface area contributed by atoms with Crippen molar-refractivity contribution < 1.29 is 4.42 Å². The zero-order valence-corrected chi connectivity index (χ0v) is 34.4. The third kappa shape index (κ3) is 5.72. The van der Waals surface area contributed by atoms with Crippen LogP contribution < -0.4 is 0 Å². The number of hydrogen-bond acceptors (Lipinski definition) is 2. The molecule has 4 heteroatoms. The molecule has 0 bridgehead atoms. The molecule has 0 unspecified atom stereocenters. The lowest BCUT2D eigenvalue weighted by molar-refractivity contribution is 0.669. The van der Waals surface area contributed by atoms with Crippen LogP contribution in [0.15, 0.2) is 211 Å². The minimum absolute atomic E-state index is 0.867. The van der Waals surface area contributed by atoms with Gasteiger partial charge in [0.15, 0.2) is 0 Å². The quantitative estimate of drug-likeness (QED) is 0.168. The van der Waals surface area contributed by atoms with Gasteiger partial charge in [-0.1, -0.05) is 133 Å². The highest BCUT2D eigenvalue weighted by Gasteiger charge is 2.26. The number of benzene rings is 8. The Labute approximate surface area is 364 Å². The molecule has 4 aromatic heterocycles. The number of fused-ring (bicyclic) bond motifs is 10. The number of rotatable bonds is 6. The lowest BCUT2D eigenvalue weighted by Crippen LogP contribution is -2.05. The second-order valence-corrected chi connectivity index (χ2v) is 16.6. The molecule has 0 N–H and O–H groups in total. The smallest absolute Gasteiger partial charge is 0.138 e. The van der Waals surface area contributed by atoms with E-state index in [1.165, 1.54) is 66.2 Å². The number of para-hydroxylation sites is 3. The largest absolute Gasteiger partial charge is 0.456 e. The van der Waals surface area contributed by atoms with E-state index in [1.54, 1.807) is 0 Å². The van der Waals surface area contributed by atoms with E-state index in [9.17, 15) is 0 Å². The molecule has 0 radical (unpaired) electrons. The van der Waals surface area contributed by atoms with Crippen LogP contribution in [0.2, 0.25) is 0 Å². The van der Waals surface area contributed by atoms with Crippen LogP contribution in [0.1, 0.15) is 17.7 Å². The zero-order valence-electron chi connectivity index (χ0n) is 34.4. The van der Waals surface area contributed by atoms with Crippen LogP contribution in [0, 0.1) is 0 Å². The monoisotopic (exact) mass is 805 g/mol. The van der Waals surface area contributed by atoms with Gasteiger partial charge in [-0.2, -0.15) is 0 Å². The molecule has 1 aliphatic carbocycles. The molecule has 1 aliphatic rings. The Balaban J connectivity index is 1.15. The molecular formula is C59H39N3O. The lowest BCUT2D eigenvalue weighted by Gasteiger charge is -2.17. The Morgan fingerprint density at radius 2 is 1.02 bits per heavy atom. The molecule has 0 spiro atoms. The van der Waals surface area contributed by atoms with E-state index in [-0.39, 0.29) is 0 Å². The summed E-state index contributed by atoms with van der Waals surface area (Å²) < 4.78 is 11.2. The van der Waals surface area contributed by atoms with E-state index in [4.69, 9.17) is 9.40 Å². The van der Waals surface area contributed by atoms with E-state index in [0.29, 0.717) is 0 Å². The van der Waals surface area contributed by atoms with Crippen LogP contribution in [-0.4, -0.2) is 14.1 Å². The van der Waals surface area contributed by atoms with Gasteiger partial charge >= 0.3 is 0 Å². The minimum atomic E-state index is 0.867. The minimum Gasteiger partial charge on any atom is -0.456 e. The zero-order chi connectivity index (χ0) is 41.4. The van der Waals surface area contributed by atoms with Gasteiger partial charge in [0.25, 0.3) is 0 Å². The first-order chi connectivity index (χ1) is 31.2. The van der Waals surface area contributed by atoms with Gasteiger partial charge in [0, 0.05) is 38.2 Å². The Kier molecular flexibility index (Phi) is 8.00. The number of aromatic nitrogens is 3. The summed E-state index contributed by atoms with van der Waals surface area (Å²) in [4.78, 5) is 5.71. The highest BCUT2D eigenvalue weighted by Crippen LogP contribution is 2.44. The molecule has 13 rings (SSSR count). The summed E-state index contributed by atoms with van der Waals surface area (Å²) in [5.41, 5.74) is 17.8. The van der Waals surface area contributed by atoms with Gasteiger partial charge in [-0.25, -0.2) is 4.98 Å². The summed E-state index contributed by atoms with van der Waals surface area (Å²) in [7, 11) is 0. The van der Waals surface area contributed by atoms with Gasteiger partial charge < -0.3 is 8.98 Å². The number of hydrogen-bond donors (Lipinski definition) is 0. The van der Waals surface area contributed by atoms with E-state index in [0.717, 1.165) is 68.7 Å². The molecule has 0 amide bonds. The van der Waals surface area contributed by atoms with Crippen molar-refractivity contribution in [1.29, 1.82) is 0 Å². The summed E-state index contributed by atoms with van der Waals surface area (Å²) in [5.74, 6) is 0.876. The number of pyridine rings is 1. The third-order valence-corrected chi connectivity index (χ3v) is 13.0. The van der Waals surface area contributed by atoms with Crippen molar-refractivity contribution in [2.75, 3.05) is 0 Å². The van der Waals surface area contributed by atoms with E-state index < -0.39 is 0 Å². The van der Waals surface area contributed by atoms with E-state index in [1.807, 2.05) is 12.1 Å². The highest BCUT2D eigenvalue weighted by molar-refractivity contribution is 6.19. The molecule has 0 aliphatic heterocycles. The maximum absolute atomic E-state index is 6.32. The number of furan rings is 1. The summed E-state index contributed by atoms with van der Waals surface area (Å²) in [5, 5.41) is 5.89. The fourth-order valence-corrected chi connectivity index (χ4v) is 10.1. The van der Waals surface area contributed by atoms with E-state index >= 15 is 0 Å². The predicted octanol–water partition coefficient (Wildman–Crippen LogP) is 15.6. The maximum atomic E-state index is 6.32. The average Bonchev–Trinajstić information content (AvgIpc) is 4.02. The van der Waals surface area contributed by atoms with Gasteiger partial charge in [-0.15, -0.1) is 0 Å². The second-order valence-electron chi connectivity index (χ2n) is 16.6. The summed E-state index contributed by atoms with van der Waals surface area (Å²) in [6.07, 6.45) is 6.60. The first kappa shape index (κ1) is 35.5. The summed E-state index contributed by atoms with van der Waals surface area (Å²) in [6, 6.07) is 72.1. The fraction of sp³-hybridized carbons (Fsp3) is 0.0339. The van der Waals surface area contributed by atoms with Gasteiger partial charge in [-0.05, 0) is 131 Å². The molecule has 63 heavy (non-hydrogen) atoms. The molecule has 0 saturated carbocycles. The molecule has 8 aromatic carbocycles. The molecule has 0 atom stereocenters. The van der Waals surface area contributed by atoms with Crippen LogP contribution in [0.4, 0.5) is 0 Å². The highest BCUT2D eigenvalue weighted by atomic mass is 16.3. The molecular weight excluding hydrogens is 767 g/mol. The topological polar surface area (TPSA) is 35.9 Å². The lowest BCUT2D eigenvalue weighted by atomic mass is 9.93. The first-order valence-corrected chi connectivity index (χ1v) is 21.8. The molecule has 4 nitrogen and oxygen atoms in total. The van der Waals surface area contributed by atoms with Gasteiger partial charge in [0.2, 0.25) is 0 Å². The molecule has 0 fully saturated rings. The molecule has 0 saturated heterocycles. The summed E-state index contributed by atoms with van der Waals surface area (Å²) in [6.45, 7) is 0. The van der Waals surface area contributed by atoms with Crippen LogP contribution in [0.3, 0.4) is 0 Å². The molecule has 12 aromatic rings. The van der Waals surface area contributed by atoms with Crippen LogP contribution >= 0.6 is 0 Å². The normalized spacial score (nSPS) is 12.6. The number of nitrogens with zero attached hydrogens (tertiary/aromatic N) is 3. The predicted molar refractivity (Wildman–Crippen MR) is 262 cm³/mol. The van der Waals surface area contributed by atoms with Gasteiger partial charge in [0.1, 0.15) is 17.0 Å². The Morgan fingerprint density at radius 3 is 1.78 bits per heavy atom. The number of aryl methyl sites for hydroxylation is 1. The first-order valence-electron chi connectivity index (χ1n) is 21.8. The second kappa shape index (κ2) is 14.2. The maximum Gasteiger partial charge on any atom is 0.138 e. The van der Waals surface area contributed by atoms with Crippen LogP contribution in [0.25, 0.3) is 117 Å². The molecule has 4 heterocycles. The van der Waals surface area contributed by atoms with Crippen molar-refractivity contribution in [3.8, 4) is 56.1 Å². The van der Waals surface area contributed by atoms with E-state index in [2.05, 4.69) is 209 Å². The van der Waals surface area contributed by atoms with Gasteiger partial charge in [-0.3, -0.25) is 4.57 Å². The van der Waals surface area contributed by atoms with Crippen molar-refractivity contribution in [2.24, 2.45) is 0 Å². The van der Waals surface area contributed by atoms with Crippen LogP contribution in [0.5, 0.6) is 0 Å². The van der Waals surface area contributed by atoms with Gasteiger partial charge in [0.05, 0.1) is 27.9 Å². The Hall–Kier alpha value is -8.21. The van der Waals surface area contributed by atoms with Crippen molar-refractivity contribution >= 4 is 60.7 Å². The fourth-order valence-electron chi connectivity index (χ4n) is 10.1.